The third kappa shape index (κ3) is 5.01. The summed E-state index contributed by atoms with van der Waals surface area (Å²) in [6.07, 6.45) is 1.33. The number of hydrogen-bond acceptors (Lipinski definition) is 4. The number of rotatable bonds is 8. The summed E-state index contributed by atoms with van der Waals surface area (Å²) in [7, 11) is 0. The number of nitrogens with one attached hydrogen (secondary N) is 1. The molecule has 28 heavy (non-hydrogen) atoms. The molecule has 1 N–H and O–H groups in total. The average Bonchev–Trinajstić information content (AvgIpc) is 3.12. The van der Waals surface area contributed by atoms with Crippen molar-refractivity contribution in [2.75, 3.05) is 0 Å². The monoisotopic (exact) mass is 394 g/mol. The van der Waals surface area contributed by atoms with Crippen LogP contribution < -0.4 is 5.32 Å². The molecule has 1 amide bonds. The van der Waals surface area contributed by atoms with Crippen LogP contribution in [0.2, 0.25) is 0 Å². The zero-order chi connectivity index (χ0) is 19.9. The summed E-state index contributed by atoms with van der Waals surface area (Å²) in [6, 6.07) is 18.4. The van der Waals surface area contributed by atoms with Gasteiger partial charge in [0, 0.05) is 17.9 Å². The summed E-state index contributed by atoms with van der Waals surface area (Å²) in [5.41, 5.74) is 3.43. The molecular weight excluding hydrogens is 368 g/mol. The van der Waals surface area contributed by atoms with E-state index in [0.717, 1.165) is 28.8 Å². The number of carbonyl (C=O) groups is 1. The van der Waals surface area contributed by atoms with Crippen molar-refractivity contribution in [2.24, 2.45) is 0 Å². The topological polar surface area (TPSA) is 59.8 Å². The van der Waals surface area contributed by atoms with Crippen molar-refractivity contribution in [2.45, 2.75) is 50.6 Å². The fourth-order valence-electron chi connectivity index (χ4n) is 2.92. The molecule has 3 aromatic rings. The second-order valence-corrected chi connectivity index (χ2v) is 7.77. The number of thioether (sulfide) groups is 1. The second-order valence-electron chi connectivity index (χ2n) is 6.83. The van der Waals surface area contributed by atoms with Crippen LogP contribution >= 0.6 is 11.8 Å². The normalized spacial score (nSPS) is 12.0. The highest BCUT2D eigenvalue weighted by Gasteiger charge is 2.20. The van der Waals surface area contributed by atoms with Crippen LogP contribution in [0.3, 0.4) is 0 Å². The lowest BCUT2D eigenvalue weighted by Crippen LogP contribution is -2.28. The van der Waals surface area contributed by atoms with Gasteiger partial charge in [-0.15, -0.1) is 10.2 Å². The molecule has 0 aliphatic carbocycles. The molecule has 0 aliphatic heterocycles. The molecule has 0 saturated heterocycles. The van der Waals surface area contributed by atoms with Gasteiger partial charge in [0.1, 0.15) is 0 Å². The van der Waals surface area contributed by atoms with Crippen LogP contribution in [-0.2, 0) is 10.5 Å². The van der Waals surface area contributed by atoms with Crippen molar-refractivity contribution in [1.82, 2.24) is 20.1 Å². The van der Waals surface area contributed by atoms with Crippen LogP contribution in [0.15, 0.2) is 59.8 Å². The molecular formula is C22H26N4OS. The van der Waals surface area contributed by atoms with E-state index in [1.165, 1.54) is 11.1 Å². The van der Waals surface area contributed by atoms with Crippen molar-refractivity contribution in [3.63, 3.8) is 0 Å². The van der Waals surface area contributed by atoms with Gasteiger partial charge in [0.15, 0.2) is 11.0 Å². The first kappa shape index (κ1) is 20.1. The highest BCUT2D eigenvalue weighted by Crippen LogP contribution is 2.27. The Balaban J connectivity index is 1.90. The number of carbonyl (C=O) groups excluding carboxylic acids is 1. The molecule has 1 unspecified atom stereocenters. The molecule has 0 fully saturated rings. The summed E-state index contributed by atoms with van der Waals surface area (Å²) in [4.78, 5) is 12.1. The Hall–Kier alpha value is -2.60. The van der Waals surface area contributed by atoms with E-state index in [-0.39, 0.29) is 11.9 Å². The fraction of sp³-hybridized carbons (Fsp3) is 0.318. The van der Waals surface area contributed by atoms with Crippen LogP contribution in [0.5, 0.6) is 0 Å². The van der Waals surface area contributed by atoms with Crippen LogP contribution in [0.4, 0.5) is 0 Å². The Kier molecular flexibility index (Phi) is 6.87. The molecule has 0 bridgehead atoms. The molecule has 0 spiro atoms. The van der Waals surface area contributed by atoms with Gasteiger partial charge >= 0.3 is 0 Å². The van der Waals surface area contributed by atoms with Gasteiger partial charge < -0.3 is 5.32 Å². The van der Waals surface area contributed by atoms with Gasteiger partial charge in [-0.1, -0.05) is 66.7 Å². The lowest BCUT2D eigenvalue weighted by molar-refractivity contribution is -0.121. The number of benzene rings is 2. The summed E-state index contributed by atoms with van der Waals surface area (Å²) in [6.45, 7) is 6.01. The van der Waals surface area contributed by atoms with E-state index >= 15 is 0 Å². The van der Waals surface area contributed by atoms with E-state index in [4.69, 9.17) is 0 Å². The smallest absolute Gasteiger partial charge is 0.220 e. The third-order valence-electron chi connectivity index (χ3n) is 4.40. The second kappa shape index (κ2) is 9.55. The van der Waals surface area contributed by atoms with Crippen molar-refractivity contribution in [1.29, 1.82) is 0 Å². The standard InChI is InChI=1S/C22H26N4OS/c1-4-8-20(27)23-17(3)21-24-25-22(28-15-18-9-6-5-7-10-18)26(21)19-13-11-16(2)12-14-19/h5-7,9-14,17H,4,8,15H2,1-3H3,(H,23,27). The molecule has 0 aliphatic rings. The Morgan fingerprint density at radius 2 is 1.82 bits per heavy atom. The molecule has 146 valence electrons. The number of nitrogens with zero attached hydrogens (tertiary/aromatic N) is 3. The Morgan fingerprint density at radius 1 is 1.11 bits per heavy atom. The van der Waals surface area contributed by atoms with Gasteiger partial charge in [-0.25, -0.2) is 0 Å². The van der Waals surface area contributed by atoms with E-state index in [9.17, 15) is 4.79 Å². The molecule has 1 aromatic heterocycles. The van der Waals surface area contributed by atoms with E-state index in [2.05, 4.69) is 58.8 Å². The molecule has 1 atom stereocenters. The van der Waals surface area contributed by atoms with Crippen LogP contribution in [0, 0.1) is 6.92 Å². The Bertz CT molecular complexity index is 906. The van der Waals surface area contributed by atoms with Crippen molar-refractivity contribution in [3.8, 4) is 5.69 Å². The first-order chi connectivity index (χ1) is 13.6. The van der Waals surface area contributed by atoms with Gasteiger partial charge in [-0.05, 0) is 38.0 Å². The van der Waals surface area contributed by atoms with E-state index in [1.54, 1.807) is 11.8 Å². The molecule has 1 heterocycles. The summed E-state index contributed by atoms with van der Waals surface area (Å²) in [5.74, 6) is 1.58. The van der Waals surface area contributed by atoms with Crippen LogP contribution in [0.1, 0.15) is 49.7 Å². The molecule has 2 aromatic carbocycles. The average molecular weight is 395 g/mol. The zero-order valence-electron chi connectivity index (χ0n) is 16.6. The summed E-state index contributed by atoms with van der Waals surface area (Å²) < 4.78 is 2.05. The number of amides is 1. The molecule has 0 radical (unpaired) electrons. The lowest BCUT2D eigenvalue weighted by Gasteiger charge is -2.16. The van der Waals surface area contributed by atoms with Crippen LogP contribution in [-0.4, -0.2) is 20.7 Å². The summed E-state index contributed by atoms with van der Waals surface area (Å²) >= 11 is 1.64. The fourth-order valence-corrected chi connectivity index (χ4v) is 3.83. The minimum absolute atomic E-state index is 0.0342. The minimum atomic E-state index is -0.223. The quantitative estimate of drug-likeness (QED) is 0.555. The number of aromatic nitrogens is 3. The van der Waals surface area contributed by atoms with Gasteiger partial charge in [0.25, 0.3) is 0 Å². The lowest BCUT2D eigenvalue weighted by atomic mass is 10.2. The maximum Gasteiger partial charge on any atom is 0.220 e. The van der Waals surface area contributed by atoms with Crippen LogP contribution in [0.25, 0.3) is 5.69 Å². The first-order valence-electron chi connectivity index (χ1n) is 9.57. The van der Waals surface area contributed by atoms with Crippen molar-refractivity contribution in [3.05, 3.63) is 71.5 Å². The highest BCUT2D eigenvalue weighted by molar-refractivity contribution is 7.98. The van der Waals surface area contributed by atoms with Gasteiger partial charge in [-0.2, -0.15) is 0 Å². The number of hydrogen-bond donors (Lipinski definition) is 1. The largest absolute Gasteiger partial charge is 0.346 e. The minimum Gasteiger partial charge on any atom is -0.346 e. The predicted molar refractivity (Wildman–Crippen MR) is 114 cm³/mol. The number of aryl methyl sites for hydroxylation is 1. The van der Waals surface area contributed by atoms with Gasteiger partial charge in [0.2, 0.25) is 5.91 Å². The first-order valence-corrected chi connectivity index (χ1v) is 10.6. The maximum atomic E-state index is 12.1. The molecule has 6 heteroatoms. The van der Waals surface area contributed by atoms with E-state index < -0.39 is 0 Å². The van der Waals surface area contributed by atoms with Crippen molar-refractivity contribution < 1.29 is 4.79 Å². The zero-order valence-corrected chi connectivity index (χ0v) is 17.4. The third-order valence-corrected chi connectivity index (χ3v) is 5.40. The highest BCUT2D eigenvalue weighted by atomic mass is 32.2. The van der Waals surface area contributed by atoms with Gasteiger partial charge in [0.05, 0.1) is 6.04 Å². The summed E-state index contributed by atoms with van der Waals surface area (Å²) in [5, 5.41) is 12.7. The van der Waals surface area contributed by atoms with E-state index in [1.807, 2.05) is 36.6 Å². The molecule has 5 nitrogen and oxygen atoms in total. The van der Waals surface area contributed by atoms with E-state index in [0.29, 0.717) is 6.42 Å². The van der Waals surface area contributed by atoms with Crippen molar-refractivity contribution >= 4 is 17.7 Å². The predicted octanol–water partition coefficient (Wildman–Crippen LogP) is 4.85. The SMILES string of the molecule is CCCC(=O)NC(C)c1nnc(SCc2ccccc2)n1-c1ccc(C)cc1. The maximum absolute atomic E-state index is 12.1. The Labute approximate surface area is 170 Å². The molecule has 3 rings (SSSR count). The molecule has 0 saturated carbocycles. The Morgan fingerprint density at radius 3 is 2.50 bits per heavy atom. The van der Waals surface area contributed by atoms with Gasteiger partial charge in [-0.3, -0.25) is 9.36 Å².